The Morgan fingerprint density at radius 3 is 2.38 bits per heavy atom. The topological polar surface area (TPSA) is 67.8 Å². The zero-order valence-corrected chi connectivity index (χ0v) is 11.5. The molecule has 0 unspecified atom stereocenters. The fraction of sp³-hybridized carbons (Fsp3) is 0.214. The molecule has 0 atom stereocenters. The summed E-state index contributed by atoms with van der Waals surface area (Å²) in [6, 6.07) is 4.84. The molecule has 0 saturated carbocycles. The Kier molecular flexibility index (Phi) is 5.02. The maximum absolute atomic E-state index is 12.4. The molecule has 1 aromatic rings. The molecule has 112 valence electrons. The van der Waals surface area contributed by atoms with E-state index in [4.69, 9.17) is 5.73 Å². The van der Waals surface area contributed by atoms with Crippen molar-refractivity contribution in [1.82, 2.24) is 0 Å². The van der Waals surface area contributed by atoms with Crippen LogP contribution in [0.1, 0.15) is 21.5 Å². The van der Waals surface area contributed by atoms with Gasteiger partial charge >= 0.3 is 6.18 Å². The van der Waals surface area contributed by atoms with Gasteiger partial charge in [-0.2, -0.15) is 18.2 Å². The van der Waals surface area contributed by atoms with Crippen molar-refractivity contribution in [2.75, 3.05) is 0 Å². The summed E-state index contributed by atoms with van der Waals surface area (Å²) < 4.78 is 37.3. The van der Waals surface area contributed by atoms with Crippen LogP contribution in [0.15, 0.2) is 40.0 Å². The summed E-state index contributed by atoms with van der Waals surface area (Å²) in [5.74, 6) is -1.31. The molecular formula is C14H14F3N3O. The van der Waals surface area contributed by atoms with E-state index in [1.807, 2.05) is 13.8 Å². The Hall–Kier alpha value is -2.44. The first-order valence-corrected chi connectivity index (χ1v) is 5.86. The number of halogens is 3. The van der Waals surface area contributed by atoms with E-state index in [9.17, 15) is 18.0 Å². The van der Waals surface area contributed by atoms with Crippen molar-refractivity contribution in [2.45, 2.75) is 20.0 Å². The van der Waals surface area contributed by atoms with Gasteiger partial charge in [-0.15, -0.1) is 0 Å². The standard InChI is InChI=1S/C14H14F3N3O/c1-8-4-5-10(6-9(8)2)13(21)20-12(18)7-11(19-3)14(15,16)17/h4-7H,3H2,1-2H3,(H2,18,20,21)/b11-7-. The molecule has 21 heavy (non-hydrogen) atoms. The highest BCUT2D eigenvalue weighted by Crippen LogP contribution is 2.25. The SMILES string of the molecule is C=N/C(=C\C(N)=NC(=O)c1ccc(C)c(C)c1)C(F)(F)F. The molecule has 7 heteroatoms. The Labute approximate surface area is 119 Å². The van der Waals surface area contributed by atoms with Gasteiger partial charge in [0.15, 0.2) is 0 Å². The van der Waals surface area contributed by atoms with Crippen LogP contribution in [-0.2, 0) is 0 Å². The van der Waals surface area contributed by atoms with Gasteiger partial charge < -0.3 is 5.73 Å². The first kappa shape index (κ1) is 16.6. The molecule has 0 aliphatic rings. The number of rotatable bonds is 3. The largest absolute Gasteiger partial charge is 0.433 e. The van der Waals surface area contributed by atoms with Crippen molar-refractivity contribution < 1.29 is 18.0 Å². The zero-order chi connectivity index (χ0) is 16.2. The Balaban J connectivity index is 3.06. The average molecular weight is 297 g/mol. The van der Waals surface area contributed by atoms with E-state index >= 15 is 0 Å². The van der Waals surface area contributed by atoms with Gasteiger partial charge in [-0.1, -0.05) is 6.07 Å². The predicted molar refractivity (Wildman–Crippen MR) is 75.6 cm³/mol. The first-order valence-electron chi connectivity index (χ1n) is 5.86. The molecule has 0 fully saturated rings. The van der Waals surface area contributed by atoms with Gasteiger partial charge in [-0.25, -0.2) is 0 Å². The van der Waals surface area contributed by atoms with Crippen LogP contribution in [0.2, 0.25) is 0 Å². The van der Waals surface area contributed by atoms with Gasteiger partial charge in [0.1, 0.15) is 11.5 Å². The van der Waals surface area contributed by atoms with E-state index < -0.39 is 23.6 Å². The van der Waals surface area contributed by atoms with Gasteiger partial charge in [-0.3, -0.25) is 9.79 Å². The second-order valence-electron chi connectivity index (χ2n) is 4.33. The number of nitrogens with zero attached hydrogens (tertiary/aromatic N) is 2. The third-order valence-electron chi connectivity index (χ3n) is 2.73. The predicted octanol–water partition coefficient (Wildman–Crippen LogP) is 2.95. The maximum Gasteiger partial charge on any atom is 0.433 e. The van der Waals surface area contributed by atoms with Crippen molar-refractivity contribution in [3.05, 3.63) is 46.7 Å². The van der Waals surface area contributed by atoms with E-state index in [0.29, 0.717) is 6.08 Å². The van der Waals surface area contributed by atoms with Gasteiger partial charge in [0.05, 0.1) is 0 Å². The number of hydrogen-bond donors (Lipinski definition) is 1. The number of aliphatic imine (C=N–C) groups is 2. The van der Waals surface area contributed by atoms with Crippen molar-refractivity contribution in [3.8, 4) is 0 Å². The van der Waals surface area contributed by atoms with Crippen LogP contribution in [-0.4, -0.2) is 24.6 Å². The number of alkyl halides is 3. The fourth-order valence-corrected chi connectivity index (χ4v) is 1.45. The molecule has 0 aliphatic carbocycles. The Morgan fingerprint density at radius 2 is 1.90 bits per heavy atom. The highest BCUT2D eigenvalue weighted by atomic mass is 19.4. The molecular weight excluding hydrogens is 283 g/mol. The second kappa shape index (κ2) is 6.34. The summed E-state index contributed by atoms with van der Waals surface area (Å²) in [5.41, 5.74) is 6.11. The lowest BCUT2D eigenvalue weighted by atomic mass is 10.1. The lowest BCUT2D eigenvalue weighted by Crippen LogP contribution is -2.17. The van der Waals surface area contributed by atoms with Crippen LogP contribution in [0.4, 0.5) is 13.2 Å². The van der Waals surface area contributed by atoms with E-state index in [-0.39, 0.29) is 5.56 Å². The first-order chi connectivity index (χ1) is 9.65. The molecule has 0 aromatic heterocycles. The van der Waals surface area contributed by atoms with Crippen molar-refractivity contribution in [2.24, 2.45) is 15.7 Å². The van der Waals surface area contributed by atoms with Gasteiger partial charge in [0.25, 0.3) is 5.91 Å². The minimum Gasteiger partial charge on any atom is -0.384 e. The summed E-state index contributed by atoms with van der Waals surface area (Å²) in [6.45, 7) is 6.48. The molecule has 1 rings (SSSR count). The van der Waals surface area contributed by atoms with E-state index in [1.165, 1.54) is 6.07 Å². The maximum atomic E-state index is 12.4. The highest BCUT2D eigenvalue weighted by molar-refractivity contribution is 6.06. The number of amides is 1. The third kappa shape index (κ3) is 4.55. The third-order valence-corrected chi connectivity index (χ3v) is 2.73. The summed E-state index contributed by atoms with van der Waals surface area (Å²) in [4.78, 5) is 18.0. The molecule has 4 nitrogen and oxygen atoms in total. The van der Waals surface area contributed by atoms with Crippen molar-refractivity contribution in [3.63, 3.8) is 0 Å². The molecule has 0 spiro atoms. The molecule has 2 N–H and O–H groups in total. The molecule has 1 aromatic carbocycles. The van der Waals surface area contributed by atoms with Crippen LogP contribution >= 0.6 is 0 Å². The van der Waals surface area contributed by atoms with Crippen LogP contribution < -0.4 is 5.73 Å². The van der Waals surface area contributed by atoms with Gasteiger partial charge in [-0.05, 0) is 43.8 Å². The zero-order valence-electron chi connectivity index (χ0n) is 11.5. The van der Waals surface area contributed by atoms with Gasteiger partial charge in [0, 0.05) is 11.6 Å². The van der Waals surface area contributed by atoms with E-state index in [2.05, 4.69) is 16.7 Å². The quantitative estimate of drug-likeness (QED) is 0.688. The summed E-state index contributed by atoms with van der Waals surface area (Å²) in [6.07, 6.45) is -4.24. The fourth-order valence-electron chi connectivity index (χ4n) is 1.45. The van der Waals surface area contributed by atoms with Crippen molar-refractivity contribution in [1.29, 1.82) is 0 Å². The Morgan fingerprint density at radius 1 is 1.29 bits per heavy atom. The summed E-state index contributed by atoms with van der Waals surface area (Å²) >= 11 is 0. The van der Waals surface area contributed by atoms with Crippen LogP contribution in [0.5, 0.6) is 0 Å². The highest BCUT2D eigenvalue weighted by Gasteiger charge is 2.33. The van der Waals surface area contributed by atoms with Crippen LogP contribution in [0.25, 0.3) is 0 Å². The number of carbonyl (C=O) groups excluding carboxylic acids is 1. The van der Waals surface area contributed by atoms with E-state index in [1.54, 1.807) is 12.1 Å². The average Bonchev–Trinajstić information content (AvgIpc) is 2.37. The number of aryl methyl sites for hydroxylation is 2. The van der Waals surface area contributed by atoms with Crippen LogP contribution in [0.3, 0.4) is 0 Å². The summed E-state index contributed by atoms with van der Waals surface area (Å²) in [7, 11) is 0. The number of allylic oxidation sites excluding steroid dienone is 1. The molecule has 0 aliphatic heterocycles. The number of nitrogens with two attached hydrogens (primary N) is 1. The lowest BCUT2D eigenvalue weighted by molar-refractivity contribution is -0.0921. The molecule has 0 bridgehead atoms. The minimum atomic E-state index is -4.70. The number of amidine groups is 1. The van der Waals surface area contributed by atoms with E-state index in [0.717, 1.165) is 11.1 Å². The normalized spacial score (nSPS) is 13.2. The molecule has 0 heterocycles. The number of carbonyl (C=O) groups is 1. The number of hydrogen-bond acceptors (Lipinski definition) is 2. The Bertz CT molecular complexity index is 631. The second-order valence-corrected chi connectivity index (χ2v) is 4.33. The van der Waals surface area contributed by atoms with Crippen LogP contribution in [0, 0.1) is 13.8 Å². The summed E-state index contributed by atoms with van der Waals surface area (Å²) in [5, 5.41) is 0. The molecule has 1 amide bonds. The lowest BCUT2D eigenvalue weighted by Gasteiger charge is -2.05. The minimum absolute atomic E-state index is 0.245. The smallest absolute Gasteiger partial charge is 0.384 e. The van der Waals surface area contributed by atoms with Gasteiger partial charge in [0.2, 0.25) is 0 Å². The monoisotopic (exact) mass is 297 g/mol. The molecule has 0 radical (unpaired) electrons. The van der Waals surface area contributed by atoms with Crippen molar-refractivity contribution >= 4 is 18.5 Å². The number of benzene rings is 1. The molecule has 0 saturated heterocycles.